The highest BCUT2D eigenvalue weighted by Gasteiger charge is 2.45. The molecule has 0 radical (unpaired) electrons. The van der Waals surface area contributed by atoms with Crippen LogP contribution in [0.25, 0.3) is 0 Å². The fraction of sp³-hybridized carbons (Fsp3) is 0.391. The molecule has 2 N–H and O–H groups in total. The van der Waals surface area contributed by atoms with Crippen molar-refractivity contribution < 1.29 is 14.7 Å². The van der Waals surface area contributed by atoms with E-state index in [0.717, 1.165) is 35.1 Å². The molecule has 1 amide bonds. The predicted octanol–water partition coefficient (Wildman–Crippen LogP) is 4.00. The summed E-state index contributed by atoms with van der Waals surface area (Å²) in [7, 11) is 0. The Labute approximate surface area is 159 Å². The molecule has 2 aliphatic rings. The summed E-state index contributed by atoms with van der Waals surface area (Å²) < 4.78 is 0. The summed E-state index contributed by atoms with van der Waals surface area (Å²) in [4.78, 5) is 25.4. The predicted molar refractivity (Wildman–Crippen MR) is 104 cm³/mol. The zero-order valence-corrected chi connectivity index (χ0v) is 15.6. The molecule has 4 heteroatoms. The summed E-state index contributed by atoms with van der Waals surface area (Å²) in [5.41, 5.74) is 3.59. The van der Waals surface area contributed by atoms with Crippen LogP contribution < -0.4 is 5.32 Å². The Morgan fingerprint density at radius 3 is 2.22 bits per heavy atom. The normalized spacial score (nSPS) is 18.3. The van der Waals surface area contributed by atoms with Gasteiger partial charge in [-0.15, -0.1) is 0 Å². The average molecular weight is 363 g/mol. The number of amides is 1. The second kappa shape index (κ2) is 6.84. The minimum atomic E-state index is -1.27. The van der Waals surface area contributed by atoms with Crippen molar-refractivity contribution in [2.24, 2.45) is 0 Å². The molecule has 4 rings (SSSR count). The number of carbonyl (C=O) groups is 2. The average Bonchev–Trinajstić information content (AvgIpc) is 3.29. The highest BCUT2D eigenvalue weighted by molar-refractivity contribution is 6.00. The summed E-state index contributed by atoms with van der Waals surface area (Å²) in [5.74, 6) is -0.841. The summed E-state index contributed by atoms with van der Waals surface area (Å²) >= 11 is 0. The Balaban J connectivity index is 1.66. The van der Waals surface area contributed by atoms with Crippen LogP contribution in [0, 0.1) is 6.92 Å². The van der Waals surface area contributed by atoms with E-state index in [1.165, 1.54) is 12.8 Å². The highest BCUT2D eigenvalue weighted by Crippen LogP contribution is 2.38. The van der Waals surface area contributed by atoms with Crippen LogP contribution in [0.5, 0.6) is 0 Å². The number of carboxylic acid groups (broad SMARTS) is 1. The smallest absolute Gasteiger partial charge is 0.330 e. The number of hydrogen-bond acceptors (Lipinski definition) is 2. The van der Waals surface area contributed by atoms with Gasteiger partial charge in [0.15, 0.2) is 0 Å². The van der Waals surface area contributed by atoms with Crippen LogP contribution in [0.15, 0.2) is 42.5 Å². The van der Waals surface area contributed by atoms with Gasteiger partial charge in [-0.05, 0) is 54.0 Å². The molecule has 2 aliphatic carbocycles. The molecule has 0 saturated heterocycles. The molecular formula is C23H25NO3. The van der Waals surface area contributed by atoms with Gasteiger partial charge in [-0.25, -0.2) is 4.79 Å². The molecule has 1 fully saturated rings. The van der Waals surface area contributed by atoms with Crippen LogP contribution in [0.3, 0.4) is 0 Å². The van der Waals surface area contributed by atoms with E-state index < -0.39 is 11.5 Å². The van der Waals surface area contributed by atoms with Gasteiger partial charge in [0.25, 0.3) is 5.91 Å². The third kappa shape index (κ3) is 3.14. The van der Waals surface area contributed by atoms with Gasteiger partial charge in [-0.1, -0.05) is 49.2 Å². The Morgan fingerprint density at radius 2 is 1.63 bits per heavy atom. The van der Waals surface area contributed by atoms with Gasteiger partial charge in [-0.2, -0.15) is 0 Å². The first-order valence-corrected chi connectivity index (χ1v) is 9.72. The second-order valence-electron chi connectivity index (χ2n) is 7.98. The number of nitrogens with one attached hydrogen (secondary N) is 1. The molecule has 0 unspecified atom stereocenters. The number of aryl methyl sites for hydroxylation is 1. The van der Waals surface area contributed by atoms with E-state index in [-0.39, 0.29) is 5.91 Å². The molecule has 2 aromatic rings. The number of carboxylic acids is 1. The molecule has 27 heavy (non-hydrogen) atoms. The number of carbonyl (C=O) groups excluding carboxylic acids is 1. The summed E-state index contributed by atoms with van der Waals surface area (Å²) in [6.45, 7) is 2.04. The Kier molecular flexibility index (Phi) is 4.50. The van der Waals surface area contributed by atoms with Crippen molar-refractivity contribution >= 4 is 11.9 Å². The third-order valence-electron chi connectivity index (χ3n) is 6.20. The quantitative estimate of drug-likeness (QED) is 0.863. The Bertz CT molecular complexity index is 871. The Morgan fingerprint density at radius 1 is 1.00 bits per heavy atom. The molecule has 0 atom stereocenters. The molecule has 2 aromatic carbocycles. The molecule has 4 nitrogen and oxygen atoms in total. The lowest BCUT2D eigenvalue weighted by atomic mass is 9.87. The van der Waals surface area contributed by atoms with Crippen molar-refractivity contribution in [2.75, 3.05) is 0 Å². The van der Waals surface area contributed by atoms with E-state index in [1.807, 2.05) is 49.4 Å². The first-order chi connectivity index (χ1) is 13.0. The van der Waals surface area contributed by atoms with Crippen LogP contribution in [0.2, 0.25) is 0 Å². The second-order valence-corrected chi connectivity index (χ2v) is 7.98. The molecule has 0 bridgehead atoms. The fourth-order valence-electron chi connectivity index (χ4n) is 4.83. The van der Waals surface area contributed by atoms with Crippen molar-refractivity contribution in [3.8, 4) is 0 Å². The maximum absolute atomic E-state index is 13.2. The van der Waals surface area contributed by atoms with Crippen molar-refractivity contribution in [1.29, 1.82) is 0 Å². The maximum atomic E-state index is 13.2. The Hall–Kier alpha value is -2.62. The van der Waals surface area contributed by atoms with E-state index >= 15 is 0 Å². The topological polar surface area (TPSA) is 66.4 Å². The monoisotopic (exact) mass is 363 g/mol. The SMILES string of the molecule is Cc1cccc(C(=O)NC2(C(=O)O)Cc3ccccc3C2)c1C1CCCC1. The van der Waals surface area contributed by atoms with E-state index in [9.17, 15) is 14.7 Å². The number of rotatable bonds is 4. The zero-order chi connectivity index (χ0) is 19.0. The molecule has 1 saturated carbocycles. The molecule has 0 aromatic heterocycles. The van der Waals surface area contributed by atoms with E-state index in [2.05, 4.69) is 5.32 Å². The van der Waals surface area contributed by atoms with Crippen LogP contribution in [-0.4, -0.2) is 22.5 Å². The van der Waals surface area contributed by atoms with Gasteiger partial charge >= 0.3 is 5.97 Å². The maximum Gasteiger partial charge on any atom is 0.330 e. The highest BCUT2D eigenvalue weighted by atomic mass is 16.4. The molecular weight excluding hydrogens is 338 g/mol. The van der Waals surface area contributed by atoms with Crippen molar-refractivity contribution in [1.82, 2.24) is 5.32 Å². The van der Waals surface area contributed by atoms with Crippen LogP contribution in [0.4, 0.5) is 0 Å². The van der Waals surface area contributed by atoms with Crippen LogP contribution in [-0.2, 0) is 17.6 Å². The van der Waals surface area contributed by atoms with E-state index in [0.29, 0.717) is 24.3 Å². The first kappa shape index (κ1) is 17.8. The number of fused-ring (bicyclic) bond motifs is 1. The lowest BCUT2D eigenvalue weighted by Crippen LogP contribution is -2.55. The van der Waals surface area contributed by atoms with Crippen molar-refractivity contribution in [2.45, 2.75) is 56.9 Å². The van der Waals surface area contributed by atoms with Gasteiger partial charge in [0.2, 0.25) is 0 Å². The number of benzene rings is 2. The van der Waals surface area contributed by atoms with Crippen LogP contribution in [0.1, 0.15) is 64.2 Å². The largest absolute Gasteiger partial charge is 0.479 e. The number of hydrogen-bond donors (Lipinski definition) is 2. The summed E-state index contributed by atoms with van der Waals surface area (Å²) in [6, 6.07) is 13.5. The molecule has 0 spiro atoms. The lowest BCUT2D eigenvalue weighted by Gasteiger charge is -2.27. The lowest BCUT2D eigenvalue weighted by molar-refractivity contribution is -0.144. The summed E-state index contributed by atoms with van der Waals surface area (Å²) in [6.07, 6.45) is 5.23. The van der Waals surface area contributed by atoms with Gasteiger partial charge in [0.05, 0.1) is 0 Å². The van der Waals surface area contributed by atoms with E-state index in [4.69, 9.17) is 0 Å². The van der Waals surface area contributed by atoms with Crippen molar-refractivity contribution in [3.05, 3.63) is 70.3 Å². The number of aliphatic carboxylic acids is 1. The third-order valence-corrected chi connectivity index (χ3v) is 6.20. The minimum Gasteiger partial charge on any atom is -0.479 e. The van der Waals surface area contributed by atoms with Gasteiger partial charge in [-0.3, -0.25) is 4.79 Å². The van der Waals surface area contributed by atoms with Crippen LogP contribution >= 0.6 is 0 Å². The van der Waals surface area contributed by atoms with Gasteiger partial charge in [0, 0.05) is 18.4 Å². The van der Waals surface area contributed by atoms with E-state index in [1.54, 1.807) is 0 Å². The molecule has 0 heterocycles. The minimum absolute atomic E-state index is 0.268. The zero-order valence-electron chi connectivity index (χ0n) is 15.6. The first-order valence-electron chi connectivity index (χ1n) is 9.72. The fourth-order valence-corrected chi connectivity index (χ4v) is 4.83. The molecule has 140 valence electrons. The molecule has 0 aliphatic heterocycles. The van der Waals surface area contributed by atoms with Gasteiger partial charge < -0.3 is 10.4 Å². The summed E-state index contributed by atoms with van der Waals surface area (Å²) in [5, 5.41) is 12.9. The van der Waals surface area contributed by atoms with Gasteiger partial charge in [0.1, 0.15) is 5.54 Å². The standard InChI is InChI=1S/C23H25NO3/c1-15-7-6-12-19(20(15)16-8-2-3-9-16)21(25)24-23(22(26)27)13-17-10-4-5-11-18(17)14-23/h4-7,10-12,16H,2-3,8-9,13-14H2,1H3,(H,24,25)(H,26,27). The van der Waals surface area contributed by atoms with Crippen molar-refractivity contribution in [3.63, 3.8) is 0 Å².